The quantitative estimate of drug-likeness (QED) is 0.300. The summed E-state index contributed by atoms with van der Waals surface area (Å²) in [6.45, 7) is -0.891. The Kier molecular flexibility index (Phi) is 4.47. The molecule has 1 saturated heterocycles. The molecule has 1 rings (SSSR count). The molecule has 1 heterocycles. The van der Waals surface area contributed by atoms with Gasteiger partial charge in [0.25, 0.3) is 5.79 Å². The monoisotopic (exact) mass is 288 g/mol. The lowest BCUT2D eigenvalue weighted by molar-refractivity contribution is -0.297. The highest BCUT2D eigenvalue weighted by Crippen LogP contribution is 2.37. The van der Waals surface area contributed by atoms with Crippen molar-refractivity contribution in [2.24, 2.45) is 0 Å². The molecular formula is C7H13O10P. The topological polar surface area (TPSA) is 174 Å². The summed E-state index contributed by atoms with van der Waals surface area (Å²) in [6, 6.07) is 0. The highest BCUT2D eigenvalue weighted by Gasteiger charge is 2.50. The van der Waals surface area contributed by atoms with Crippen LogP contribution in [-0.2, 0) is 18.6 Å². The number of hydrogen-bond donors (Lipinski definition) is 6. The predicted molar refractivity (Wildman–Crippen MR) is 52.1 cm³/mol. The third-order valence-corrected chi connectivity index (χ3v) is 2.83. The third-order valence-electron chi connectivity index (χ3n) is 2.35. The summed E-state index contributed by atoms with van der Waals surface area (Å²) in [4.78, 5) is 27.6. The van der Waals surface area contributed by atoms with Crippen LogP contribution >= 0.6 is 7.82 Å². The van der Waals surface area contributed by atoms with Gasteiger partial charge in [-0.1, -0.05) is 0 Å². The predicted octanol–water partition coefficient (Wildman–Crippen LogP) is -2.62. The molecule has 1 fully saturated rings. The summed E-state index contributed by atoms with van der Waals surface area (Å²) in [5, 5.41) is 37.0. The van der Waals surface area contributed by atoms with Crippen molar-refractivity contribution in [1.82, 2.24) is 0 Å². The molecule has 0 saturated carbocycles. The molecule has 10 nitrogen and oxygen atoms in total. The van der Waals surface area contributed by atoms with Gasteiger partial charge in [-0.2, -0.15) is 0 Å². The molecule has 0 aromatic carbocycles. The maximum absolute atomic E-state index is 10.7. The first-order valence-corrected chi connectivity index (χ1v) is 6.28. The van der Waals surface area contributed by atoms with Crippen LogP contribution in [0.1, 0.15) is 6.42 Å². The molecule has 18 heavy (non-hydrogen) atoms. The summed E-state index contributed by atoms with van der Waals surface area (Å²) in [5.41, 5.74) is 0. The fourth-order valence-electron chi connectivity index (χ4n) is 1.46. The van der Waals surface area contributed by atoms with Gasteiger partial charge in [0.2, 0.25) is 0 Å². The van der Waals surface area contributed by atoms with Crippen LogP contribution in [0, 0.1) is 0 Å². The van der Waals surface area contributed by atoms with Gasteiger partial charge in [0.15, 0.2) is 0 Å². The first-order valence-electron chi connectivity index (χ1n) is 4.75. The van der Waals surface area contributed by atoms with Crippen molar-refractivity contribution in [3.63, 3.8) is 0 Å². The van der Waals surface area contributed by atoms with Gasteiger partial charge in [0.1, 0.15) is 12.2 Å². The van der Waals surface area contributed by atoms with Gasteiger partial charge in [-0.3, -0.25) is 4.52 Å². The Balaban J connectivity index is 2.76. The van der Waals surface area contributed by atoms with Crippen LogP contribution in [0.5, 0.6) is 0 Å². The number of aliphatic carboxylic acids is 1. The molecule has 11 heteroatoms. The molecule has 0 amide bonds. The van der Waals surface area contributed by atoms with Gasteiger partial charge in [0.05, 0.1) is 12.7 Å². The number of hydrogen-bond acceptors (Lipinski definition) is 7. The zero-order valence-corrected chi connectivity index (χ0v) is 9.80. The van der Waals surface area contributed by atoms with E-state index < -0.39 is 50.9 Å². The fraction of sp³-hybridized carbons (Fsp3) is 0.857. The second-order valence-corrected chi connectivity index (χ2v) is 5.03. The van der Waals surface area contributed by atoms with Gasteiger partial charge in [0, 0.05) is 6.42 Å². The highest BCUT2D eigenvalue weighted by molar-refractivity contribution is 7.46. The van der Waals surface area contributed by atoms with Crippen molar-refractivity contribution in [1.29, 1.82) is 0 Å². The van der Waals surface area contributed by atoms with Gasteiger partial charge >= 0.3 is 13.8 Å². The average molecular weight is 288 g/mol. The zero-order chi connectivity index (χ0) is 14.1. The van der Waals surface area contributed by atoms with Gasteiger partial charge < -0.3 is 34.9 Å². The molecule has 0 aromatic rings. The average Bonchev–Trinajstić information content (AvgIpc) is 2.20. The SMILES string of the molecule is O=C(O)[C@@]1(O)CC(O)[C@H](O)C(COP(=O)(O)O)O1. The Labute approximate surface area is 101 Å². The minimum atomic E-state index is -4.85. The molecule has 6 N–H and O–H groups in total. The lowest BCUT2D eigenvalue weighted by Gasteiger charge is -2.39. The first-order chi connectivity index (χ1) is 8.05. The maximum atomic E-state index is 10.7. The van der Waals surface area contributed by atoms with Crippen molar-refractivity contribution >= 4 is 13.8 Å². The molecule has 0 aliphatic carbocycles. The van der Waals surface area contributed by atoms with E-state index in [-0.39, 0.29) is 0 Å². The minimum Gasteiger partial charge on any atom is -0.477 e. The van der Waals surface area contributed by atoms with Crippen LogP contribution in [0.2, 0.25) is 0 Å². The maximum Gasteiger partial charge on any atom is 0.469 e. The standard InChI is InChI=1S/C7H13O10P/c8-3-1-7(12,6(10)11)17-4(5(3)9)2-16-18(13,14)15/h3-5,8-9,12H,1-2H2,(H,10,11)(H2,13,14,15)/t3?,4?,5-,7+/m0/s1. The fourth-order valence-corrected chi connectivity index (χ4v) is 1.80. The van der Waals surface area contributed by atoms with Crippen molar-refractivity contribution in [3.05, 3.63) is 0 Å². The first kappa shape index (κ1) is 15.5. The Morgan fingerprint density at radius 1 is 1.44 bits per heavy atom. The van der Waals surface area contributed by atoms with Crippen LogP contribution in [0.3, 0.4) is 0 Å². The molecular weight excluding hydrogens is 275 g/mol. The molecule has 0 spiro atoms. The van der Waals surface area contributed by atoms with Crippen molar-refractivity contribution in [2.75, 3.05) is 6.61 Å². The van der Waals surface area contributed by atoms with Gasteiger partial charge in [-0.05, 0) is 0 Å². The van der Waals surface area contributed by atoms with E-state index in [2.05, 4.69) is 9.26 Å². The summed E-state index contributed by atoms with van der Waals surface area (Å²) >= 11 is 0. The second kappa shape index (κ2) is 5.19. The largest absolute Gasteiger partial charge is 0.477 e. The Bertz CT molecular complexity index is 365. The number of rotatable bonds is 4. The van der Waals surface area contributed by atoms with E-state index in [1.165, 1.54) is 0 Å². The number of carboxylic acids is 1. The normalized spacial score (nSPS) is 37.5. The van der Waals surface area contributed by atoms with E-state index in [0.717, 1.165) is 0 Å². The summed E-state index contributed by atoms with van der Waals surface area (Å²) in [7, 11) is -4.85. The molecule has 4 atom stereocenters. The van der Waals surface area contributed by atoms with Crippen LogP contribution < -0.4 is 0 Å². The van der Waals surface area contributed by atoms with E-state index in [0.29, 0.717) is 0 Å². The third kappa shape index (κ3) is 3.70. The van der Waals surface area contributed by atoms with Crippen LogP contribution in [0.15, 0.2) is 0 Å². The van der Waals surface area contributed by atoms with E-state index in [9.17, 15) is 24.7 Å². The molecule has 1 aliphatic rings. The van der Waals surface area contributed by atoms with E-state index in [4.69, 9.17) is 14.9 Å². The number of ether oxygens (including phenoxy) is 1. The number of carbonyl (C=O) groups is 1. The molecule has 0 aromatic heterocycles. The van der Waals surface area contributed by atoms with Crippen molar-refractivity contribution in [2.45, 2.75) is 30.5 Å². The molecule has 1 aliphatic heterocycles. The lowest BCUT2D eigenvalue weighted by atomic mass is 9.96. The van der Waals surface area contributed by atoms with Crippen molar-refractivity contribution < 1.29 is 48.8 Å². The number of phosphoric ester groups is 1. The Morgan fingerprint density at radius 3 is 2.44 bits per heavy atom. The van der Waals surface area contributed by atoms with E-state index >= 15 is 0 Å². The smallest absolute Gasteiger partial charge is 0.469 e. The van der Waals surface area contributed by atoms with Gasteiger partial charge in [-0.15, -0.1) is 0 Å². The highest BCUT2D eigenvalue weighted by atomic mass is 31.2. The molecule has 2 unspecified atom stereocenters. The van der Waals surface area contributed by atoms with Crippen LogP contribution in [0.25, 0.3) is 0 Å². The van der Waals surface area contributed by atoms with Gasteiger partial charge in [-0.25, -0.2) is 9.36 Å². The summed E-state index contributed by atoms with van der Waals surface area (Å²) in [6.07, 6.45) is -5.65. The summed E-state index contributed by atoms with van der Waals surface area (Å²) in [5.74, 6) is -4.55. The van der Waals surface area contributed by atoms with E-state index in [1.807, 2.05) is 0 Å². The molecule has 106 valence electrons. The number of aliphatic hydroxyl groups excluding tert-OH is 2. The minimum absolute atomic E-state index is 0.782. The number of carboxylic acid groups (broad SMARTS) is 1. The lowest BCUT2D eigenvalue weighted by Crippen LogP contribution is -2.59. The van der Waals surface area contributed by atoms with E-state index in [1.54, 1.807) is 0 Å². The summed E-state index contributed by atoms with van der Waals surface area (Å²) < 4.78 is 19.1. The Hall–Kier alpha value is -0.580. The zero-order valence-electron chi connectivity index (χ0n) is 8.91. The number of phosphoric acid groups is 1. The molecule has 0 bridgehead atoms. The van der Waals surface area contributed by atoms with Crippen molar-refractivity contribution in [3.8, 4) is 0 Å². The second-order valence-electron chi connectivity index (χ2n) is 3.79. The Morgan fingerprint density at radius 2 is 2.00 bits per heavy atom. The number of aliphatic hydroxyl groups is 3. The van der Waals surface area contributed by atoms with Crippen LogP contribution in [0.4, 0.5) is 0 Å². The molecule has 0 radical (unpaired) electrons. The van der Waals surface area contributed by atoms with Crippen LogP contribution in [-0.4, -0.2) is 66.9 Å².